The maximum atomic E-state index is 13.6. The van der Waals surface area contributed by atoms with E-state index >= 15 is 0 Å². The predicted molar refractivity (Wildman–Crippen MR) is 136 cm³/mol. The minimum Gasteiger partial charge on any atom is -0.472 e. The molecule has 2 aliphatic rings. The van der Waals surface area contributed by atoms with Crippen molar-refractivity contribution >= 4 is 39.3 Å². The Hall–Kier alpha value is -3.43. The summed E-state index contributed by atoms with van der Waals surface area (Å²) < 4.78 is 13.4. The summed E-state index contributed by atoms with van der Waals surface area (Å²) in [6, 6.07) is 7.40. The van der Waals surface area contributed by atoms with E-state index in [0.29, 0.717) is 53.7 Å². The van der Waals surface area contributed by atoms with E-state index in [1.165, 1.54) is 0 Å². The highest BCUT2D eigenvalue weighted by Crippen LogP contribution is 2.30. The molecule has 0 aliphatic carbocycles. The lowest BCUT2D eigenvalue weighted by Crippen LogP contribution is -2.31. The number of H-pyrrole nitrogens is 1. The molecule has 2 saturated heterocycles. The predicted octanol–water partition coefficient (Wildman–Crippen LogP) is 3.88. The quantitative estimate of drug-likeness (QED) is 0.449. The molecule has 186 valence electrons. The van der Waals surface area contributed by atoms with Gasteiger partial charge in [0.1, 0.15) is 6.10 Å². The van der Waals surface area contributed by atoms with Crippen molar-refractivity contribution in [2.24, 2.45) is 0 Å². The zero-order chi connectivity index (χ0) is 24.8. The summed E-state index contributed by atoms with van der Waals surface area (Å²) in [5.74, 6) is 0.439. The molecule has 36 heavy (non-hydrogen) atoms. The van der Waals surface area contributed by atoms with Gasteiger partial charge in [0.05, 0.1) is 40.2 Å². The molecule has 9 nitrogen and oxygen atoms in total. The summed E-state index contributed by atoms with van der Waals surface area (Å²) in [5.41, 5.74) is 2.71. The Kier molecular flexibility index (Phi) is 5.89. The number of amides is 1. The average molecular weight is 508 g/mol. The second-order valence-electron chi connectivity index (χ2n) is 9.46. The molecule has 1 N–H and O–H groups in total. The average Bonchev–Trinajstić information content (AvgIpc) is 3.54. The molecule has 3 aromatic heterocycles. The van der Waals surface area contributed by atoms with Crippen molar-refractivity contribution in [3.05, 3.63) is 63.2 Å². The van der Waals surface area contributed by atoms with Crippen LogP contribution in [0.3, 0.4) is 0 Å². The summed E-state index contributed by atoms with van der Waals surface area (Å²) in [5, 5.41) is 6.47. The third-order valence-electron chi connectivity index (χ3n) is 7.09. The summed E-state index contributed by atoms with van der Waals surface area (Å²) in [4.78, 5) is 35.4. The number of nitrogens with zero attached hydrogens (tertiary/aromatic N) is 4. The van der Waals surface area contributed by atoms with Crippen LogP contribution in [0.1, 0.15) is 41.2 Å². The first-order valence-electron chi connectivity index (χ1n) is 12.2. The van der Waals surface area contributed by atoms with Gasteiger partial charge in [0.25, 0.3) is 11.5 Å². The molecule has 0 radical (unpaired) electrons. The van der Waals surface area contributed by atoms with Crippen LogP contribution in [0.5, 0.6) is 5.88 Å². The molecule has 0 bridgehead atoms. The summed E-state index contributed by atoms with van der Waals surface area (Å²) in [6.45, 7) is 4.29. The van der Waals surface area contributed by atoms with Gasteiger partial charge in [0.2, 0.25) is 5.88 Å². The van der Waals surface area contributed by atoms with Crippen molar-refractivity contribution in [3.63, 3.8) is 0 Å². The molecule has 10 heteroatoms. The second kappa shape index (κ2) is 9.22. The number of aromatic nitrogens is 4. The van der Waals surface area contributed by atoms with E-state index in [2.05, 4.69) is 15.1 Å². The largest absolute Gasteiger partial charge is 0.472 e. The summed E-state index contributed by atoms with van der Waals surface area (Å²) in [6.07, 6.45) is 5.42. The van der Waals surface area contributed by atoms with Crippen molar-refractivity contribution in [2.75, 3.05) is 26.3 Å². The molecule has 2 fully saturated rings. The van der Waals surface area contributed by atoms with Crippen LogP contribution in [-0.4, -0.2) is 63.0 Å². The van der Waals surface area contributed by atoms with Crippen LogP contribution in [0, 0.1) is 6.92 Å². The fraction of sp³-hybridized carbons (Fsp3) is 0.385. The number of aromatic amines is 1. The van der Waals surface area contributed by atoms with Gasteiger partial charge in [-0.3, -0.25) is 14.3 Å². The molecule has 0 spiro atoms. The van der Waals surface area contributed by atoms with E-state index in [4.69, 9.17) is 21.1 Å². The van der Waals surface area contributed by atoms with E-state index in [0.717, 1.165) is 35.7 Å². The van der Waals surface area contributed by atoms with E-state index in [1.54, 1.807) is 24.5 Å². The second-order valence-corrected chi connectivity index (χ2v) is 9.89. The van der Waals surface area contributed by atoms with Gasteiger partial charge in [0.15, 0.2) is 0 Å². The number of benzene rings is 1. The van der Waals surface area contributed by atoms with Crippen LogP contribution >= 0.6 is 11.6 Å². The summed E-state index contributed by atoms with van der Waals surface area (Å²) in [7, 11) is 0. The molecule has 4 aromatic rings. The third kappa shape index (κ3) is 4.12. The van der Waals surface area contributed by atoms with Crippen LogP contribution in [0.4, 0.5) is 0 Å². The lowest BCUT2D eigenvalue weighted by molar-refractivity contribution is 0.0675. The van der Waals surface area contributed by atoms with Gasteiger partial charge in [-0.25, -0.2) is 4.98 Å². The van der Waals surface area contributed by atoms with Crippen LogP contribution < -0.4 is 10.3 Å². The van der Waals surface area contributed by atoms with Crippen LogP contribution in [0.15, 0.2) is 41.5 Å². The third-order valence-corrected chi connectivity index (χ3v) is 7.32. The normalized spacial score (nSPS) is 18.8. The van der Waals surface area contributed by atoms with E-state index in [-0.39, 0.29) is 23.6 Å². The van der Waals surface area contributed by atoms with E-state index in [9.17, 15) is 9.59 Å². The Labute approximate surface area is 212 Å². The van der Waals surface area contributed by atoms with Gasteiger partial charge < -0.3 is 19.4 Å². The van der Waals surface area contributed by atoms with Gasteiger partial charge in [-0.05, 0) is 43.5 Å². The van der Waals surface area contributed by atoms with Crippen molar-refractivity contribution in [2.45, 2.75) is 38.3 Å². The Morgan fingerprint density at radius 3 is 2.78 bits per heavy atom. The lowest BCUT2D eigenvalue weighted by atomic mass is 10.0. The molecule has 5 heterocycles. The number of fused-ring (bicyclic) bond motifs is 3. The fourth-order valence-corrected chi connectivity index (χ4v) is 5.32. The Balaban J connectivity index is 1.33. The number of nitrogens with one attached hydrogen (secondary N) is 1. The van der Waals surface area contributed by atoms with Crippen molar-refractivity contribution in [1.29, 1.82) is 0 Å². The number of aryl methyl sites for hydroxylation is 1. The minimum atomic E-state index is -0.176. The maximum Gasteiger partial charge on any atom is 0.259 e. The van der Waals surface area contributed by atoms with Crippen LogP contribution in [0.2, 0.25) is 5.02 Å². The highest BCUT2D eigenvalue weighted by atomic mass is 35.5. The first kappa shape index (κ1) is 23.0. The number of carbonyl (C=O) groups excluding carboxylic acids is 1. The number of pyridine rings is 2. The van der Waals surface area contributed by atoms with Crippen LogP contribution in [0.25, 0.3) is 21.8 Å². The smallest absolute Gasteiger partial charge is 0.259 e. The first-order chi connectivity index (χ1) is 17.5. The first-order valence-corrected chi connectivity index (χ1v) is 12.5. The molecule has 2 aliphatic heterocycles. The van der Waals surface area contributed by atoms with Crippen molar-refractivity contribution in [1.82, 2.24) is 24.6 Å². The van der Waals surface area contributed by atoms with Gasteiger partial charge in [-0.2, -0.15) is 5.10 Å². The number of halogens is 1. The number of carbonyl (C=O) groups is 1. The number of rotatable bonds is 4. The standard InChI is InChI=1S/C26H26ClN5O4/c1-15-10-22-20(24-21(25(33)30-22)13-29-32(24)17-5-8-35-9-6-17)11-19(15)26(34)31-7-4-18(14-31)36-23-3-2-16(27)12-28-23/h2-3,10-13,17-18H,4-9,14H2,1H3,(H,30,33)/t18-/m1/s1. The number of hydrogen-bond acceptors (Lipinski definition) is 6. The van der Waals surface area contributed by atoms with E-state index < -0.39 is 0 Å². The maximum absolute atomic E-state index is 13.6. The summed E-state index contributed by atoms with van der Waals surface area (Å²) >= 11 is 5.91. The Morgan fingerprint density at radius 1 is 1.17 bits per heavy atom. The zero-order valence-corrected chi connectivity index (χ0v) is 20.6. The zero-order valence-electron chi connectivity index (χ0n) is 19.9. The van der Waals surface area contributed by atoms with Gasteiger partial charge >= 0.3 is 0 Å². The van der Waals surface area contributed by atoms with E-state index in [1.807, 2.05) is 28.6 Å². The molecule has 0 saturated carbocycles. The van der Waals surface area contributed by atoms with Gasteiger partial charge in [-0.1, -0.05) is 11.6 Å². The Bertz CT molecular complexity index is 1510. The van der Waals surface area contributed by atoms with Crippen molar-refractivity contribution in [3.8, 4) is 5.88 Å². The highest BCUT2D eigenvalue weighted by molar-refractivity contribution is 6.30. The minimum absolute atomic E-state index is 0.0546. The van der Waals surface area contributed by atoms with Gasteiger partial charge in [-0.15, -0.1) is 0 Å². The SMILES string of the molecule is Cc1cc2[nH]c(=O)c3cnn(C4CCOCC4)c3c2cc1C(=O)N1CC[C@@H](Oc2ccc(Cl)cn2)C1. The highest BCUT2D eigenvalue weighted by Gasteiger charge is 2.30. The topological polar surface area (TPSA) is 102 Å². The Morgan fingerprint density at radius 2 is 2.00 bits per heavy atom. The molecule has 1 aromatic carbocycles. The van der Waals surface area contributed by atoms with Gasteiger partial charge in [0, 0.05) is 49.4 Å². The molecular weight excluding hydrogens is 482 g/mol. The fourth-order valence-electron chi connectivity index (χ4n) is 5.21. The number of hydrogen-bond donors (Lipinski definition) is 1. The molecule has 1 amide bonds. The lowest BCUT2D eigenvalue weighted by Gasteiger charge is -2.23. The molecule has 0 unspecified atom stereocenters. The molecular formula is C26H26ClN5O4. The molecule has 1 atom stereocenters. The monoisotopic (exact) mass is 507 g/mol. The number of likely N-dealkylation sites (tertiary alicyclic amines) is 1. The van der Waals surface area contributed by atoms with Crippen molar-refractivity contribution < 1.29 is 14.3 Å². The number of ether oxygens (including phenoxy) is 2. The molecule has 6 rings (SSSR count). The van der Waals surface area contributed by atoms with Crippen LogP contribution in [-0.2, 0) is 4.74 Å².